The minimum absolute atomic E-state index is 0.0438. The SMILES string of the molecule is CCC(SC1CCCCC1)C(=O)n1c2ccccc2c2ccccc21. The van der Waals surface area contributed by atoms with Gasteiger partial charge in [-0.25, -0.2) is 0 Å². The predicted molar refractivity (Wildman–Crippen MR) is 109 cm³/mol. The van der Waals surface area contributed by atoms with Crippen LogP contribution in [0.2, 0.25) is 0 Å². The minimum atomic E-state index is 0.0438. The second kappa shape index (κ2) is 7.25. The zero-order valence-electron chi connectivity index (χ0n) is 14.8. The van der Waals surface area contributed by atoms with E-state index in [1.165, 1.54) is 42.9 Å². The Balaban J connectivity index is 1.74. The van der Waals surface area contributed by atoms with Gasteiger partial charge < -0.3 is 0 Å². The Bertz CT molecular complexity index is 838. The molecule has 130 valence electrons. The van der Waals surface area contributed by atoms with Crippen molar-refractivity contribution in [2.24, 2.45) is 0 Å². The van der Waals surface area contributed by atoms with Crippen molar-refractivity contribution in [1.82, 2.24) is 4.57 Å². The van der Waals surface area contributed by atoms with E-state index in [1.54, 1.807) is 0 Å². The minimum Gasteiger partial charge on any atom is -0.279 e. The van der Waals surface area contributed by atoms with Gasteiger partial charge in [0.1, 0.15) is 0 Å². The first kappa shape index (κ1) is 16.7. The molecule has 1 aliphatic rings. The van der Waals surface area contributed by atoms with Gasteiger partial charge in [-0.1, -0.05) is 62.6 Å². The maximum Gasteiger partial charge on any atom is 0.244 e. The molecular formula is C22H25NOS. The molecule has 1 heterocycles. The van der Waals surface area contributed by atoms with Crippen LogP contribution in [0.4, 0.5) is 0 Å². The molecule has 1 atom stereocenters. The fourth-order valence-corrected chi connectivity index (χ4v) is 5.55. The van der Waals surface area contributed by atoms with Crippen molar-refractivity contribution in [2.75, 3.05) is 0 Å². The number of thioether (sulfide) groups is 1. The number of carbonyl (C=O) groups is 1. The molecule has 0 amide bonds. The third kappa shape index (κ3) is 3.10. The van der Waals surface area contributed by atoms with Crippen LogP contribution in [-0.2, 0) is 0 Å². The van der Waals surface area contributed by atoms with Crippen LogP contribution in [-0.4, -0.2) is 21.0 Å². The summed E-state index contributed by atoms with van der Waals surface area (Å²) in [5.41, 5.74) is 2.08. The Hall–Kier alpha value is -1.74. The molecule has 0 bridgehead atoms. The Morgan fingerprint density at radius 1 is 1.00 bits per heavy atom. The quantitative estimate of drug-likeness (QED) is 0.552. The van der Waals surface area contributed by atoms with Crippen molar-refractivity contribution < 1.29 is 4.79 Å². The van der Waals surface area contributed by atoms with Crippen LogP contribution in [0.15, 0.2) is 48.5 Å². The normalized spacial score (nSPS) is 17.2. The first-order chi connectivity index (χ1) is 12.3. The van der Waals surface area contributed by atoms with Gasteiger partial charge in [-0.15, -0.1) is 11.8 Å². The first-order valence-electron chi connectivity index (χ1n) is 9.47. The lowest BCUT2D eigenvalue weighted by Gasteiger charge is -2.25. The van der Waals surface area contributed by atoms with Crippen LogP contribution >= 0.6 is 11.8 Å². The Kier molecular flexibility index (Phi) is 4.85. The van der Waals surface area contributed by atoms with E-state index in [-0.39, 0.29) is 11.2 Å². The van der Waals surface area contributed by atoms with Crippen LogP contribution in [0.1, 0.15) is 50.2 Å². The molecule has 3 heteroatoms. The second-order valence-electron chi connectivity index (χ2n) is 7.00. The van der Waals surface area contributed by atoms with Gasteiger partial charge in [0.2, 0.25) is 5.91 Å². The number of benzene rings is 2. The zero-order chi connectivity index (χ0) is 17.2. The number of hydrogen-bond acceptors (Lipinski definition) is 2. The van der Waals surface area contributed by atoms with E-state index >= 15 is 0 Å². The third-order valence-electron chi connectivity index (χ3n) is 5.36. The van der Waals surface area contributed by atoms with Gasteiger partial charge in [0.25, 0.3) is 0 Å². The van der Waals surface area contributed by atoms with Crippen molar-refractivity contribution in [3.63, 3.8) is 0 Å². The lowest BCUT2D eigenvalue weighted by molar-refractivity contribution is 0.0918. The summed E-state index contributed by atoms with van der Waals surface area (Å²) in [6, 6.07) is 16.6. The van der Waals surface area contributed by atoms with Gasteiger partial charge in [0.05, 0.1) is 16.3 Å². The molecule has 0 N–H and O–H groups in total. The maximum atomic E-state index is 13.5. The monoisotopic (exact) mass is 351 g/mol. The first-order valence-corrected chi connectivity index (χ1v) is 10.4. The van der Waals surface area contributed by atoms with Crippen molar-refractivity contribution >= 4 is 39.5 Å². The van der Waals surface area contributed by atoms with Gasteiger partial charge in [-0.3, -0.25) is 9.36 Å². The van der Waals surface area contributed by atoms with Crippen LogP contribution in [0.5, 0.6) is 0 Å². The summed E-state index contributed by atoms with van der Waals surface area (Å²) < 4.78 is 1.97. The summed E-state index contributed by atoms with van der Waals surface area (Å²) in [6.45, 7) is 2.15. The number of nitrogens with zero attached hydrogens (tertiary/aromatic N) is 1. The Morgan fingerprint density at radius 2 is 1.56 bits per heavy atom. The van der Waals surface area contributed by atoms with Gasteiger partial charge in [0.15, 0.2) is 0 Å². The van der Waals surface area contributed by atoms with E-state index < -0.39 is 0 Å². The van der Waals surface area contributed by atoms with Crippen molar-refractivity contribution in [3.8, 4) is 0 Å². The molecule has 3 aromatic rings. The molecule has 1 unspecified atom stereocenters. The molecule has 0 saturated heterocycles. The number of para-hydroxylation sites is 2. The highest BCUT2D eigenvalue weighted by molar-refractivity contribution is 8.01. The largest absolute Gasteiger partial charge is 0.279 e. The number of rotatable bonds is 4. The summed E-state index contributed by atoms with van der Waals surface area (Å²) in [6.07, 6.45) is 7.41. The van der Waals surface area contributed by atoms with Crippen LogP contribution in [0, 0.1) is 0 Å². The van der Waals surface area contributed by atoms with E-state index in [1.807, 2.05) is 28.5 Å². The molecule has 0 aliphatic heterocycles. The third-order valence-corrected chi connectivity index (χ3v) is 7.08. The van der Waals surface area contributed by atoms with E-state index in [2.05, 4.69) is 43.3 Å². The topological polar surface area (TPSA) is 22.0 Å². The van der Waals surface area contributed by atoms with E-state index in [9.17, 15) is 4.79 Å². The maximum absolute atomic E-state index is 13.5. The van der Waals surface area contributed by atoms with Crippen LogP contribution in [0.25, 0.3) is 21.8 Å². The molecule has 0 spiro atoms. The molecule has 1 aliphatic carbocycles. The molecule has 1 fully saturated rings. The van der Waals surface area contributed by atoms with Gasteiger partial charge in [-0.05, 0) is 31.4 Å². The molecule has 0 radical (unpaired) electrons. The van der Waals surface area contributed by atoms with Gasteiger partial charge >= 0.3 is 0 Å². The molecule has 4 rings (SSSR count). The summed E-state index contributed by atoms with van der Waals surface area (Å²) in [5.74, 6) is 0.246. The molecule has 2 aromatic carbocycles. The highest BCUT2D eigenvalue weighted by Gasteiger charge is 2.26. The summed E-state index contributed by atoms with van der Waals surface area (Å²) in [4.78, 5) is 13.5. The second-order valence-corrected chi connectivity index (χ2v) is 8.51. The standard InChI is InChI=1S/C22H25NOS/c1-2-21(25-16-10-4-3-5-11-16)22(24)23-19-14-8-6-12-17(19)18-13-7-9-15-20(18)23/h6-9,12-16,21H,2-5,10-11H2,1H3. The lowest BCUT2D eigenvalue weighted by Crippen LogP contribution is -2.26. The summed E-state index contributed by atoms with van der Waals surface area (Å²) in [7, 11) is 0. The van der Waals surface area contributed by atoms with Crippen molar-refractivity contribution in [1.29, 1.82) is 0 Å². The lowest BCUT2D eigenvalue weighted by atomic mass is 10.0. The molecule has 25 heavy (non-hydrogen) atoms. The molecule has 1 aromatic heterocycles. The van der Waals surface area contributed by atoms with Crippen molar-refractivity contribution in [2.45, 2.75) is 55.9 Å². The molecule has 1 saturated carbocycles. The fraction of sp³-hybridized carbons (Fsp3) is 0.409. The summed E-state index contributed by atoms with van der Waals surface area (Å²) in [5, 5.41) is 3.03. The number of carbonyl (C=O) groups excluding carboxylic acids is 1. The van der Waals surface area contributed by atoms with Crippen LogP contribution in [0.3, 0.4) is 0 Å². The zero-order valence-corrected chi connectivity index (χ0v) is 15.6. The van der Waals surface area contributed by atoms with Crippen LogP contribution < -0.4 is 0 Å². The number of fused-ring (bicyclic) bond motifs is 3. The molecule has 2 nitrogen and oxygen atoms in total. The highest BCUT2D eigenvalue weighted by Crippen LogP contribution is 2.35. The van der Waals surface area contributed by atoms with E-state index in [0.717, 1.165) is 17.5 Å². The smallest absolute Gasteiger partial charge is 0.244 e. The average Bonchev–Trinajstić information content (AvgIpc) is 3.01. The van der Waals surface area contributed by atoms with Gasteiger partial charge in [-0.2, -0.15) is 0 Å². The Labute approximate surface area is 153 Å². The van der Waals surface area contributed by atoms with Gasteiger partial charge in [0, 0.05) is 16.0 Å². The Morgan fingerprint density at radius 3 is 2.12 bits per heavy atom. The summed E-state index contributed by atoms with van der Waals surface area (Å²) >= 11 is 1.92. The predicted octanol–water partition coefficient (Wildman–Crippen LogP) is 6.28. The number of hydrogen-bond donors (Lipinski definition) is 0. The molecular weight excluding hydrogens is 326 g/mol. The fourth-order valence-electron chi connectivity index (χ4n) is 4.07. The average molecular weight is 352 g/mol. The highest BCUT2D eigenvalue weighted by atomic mass is 32.2. The van der Waals surface area contributed by atoms with E-state index in [4.69, 9.17) is 0 Å². The van der Waals surface area contributed by atoms with E-state index in [0.29, 0.717) is 5.25 Å². The number of aromatic nitrogens is 1. The van der Waals surface area contributed by atoms with Crippen molar-refractivity contribution in [3.05, 3.63) is 48.5 Å².